The van der Waals surface area contributed by atoms with E-state index in [1.54, 1.807) is 42.5 Å². The largest absolute Gasteiger partial charge is 0.455 e. The second-order valence-corrected chi connectivity index (χ2v) is 5.89. The summed E-state index contributed by atoms with van der Waals surface area (Å²) in [6.07, 6.45) is 0. The molecule has 2 nitrogen and oxygen atoms in total. The van der Waals surface area contributed by atoms with Crippen LogP contribution in [0.4, 0.5) is 0 Å². The van der Waals surface area contributed by atoms with E-state index >= 15 is 0 Å². The van der Waals surface area contributed by atoms with E-state index in [0.717, 1.165) is 5.56 Å². The molecule has 2 aromatic carbocycles. The average molecular weight is 370 g/mol. The van der Waals surface area contributed by atoms with E-state index in [2.05, 4.69) is 15.9 Å². The Balaban J connectivity index is 2.32. The molecule has 0 fully saturated rings. The molecular formula is C15H7BrCl2O2. The molecular weight excluding hydrogens is 363 g/mol. The number of fused-ring (bicyclic) bond motifs is 1. The van der Waals surface area contributed by atoms with Crippen LogP contribution in [0.25, 0.3) is 22.3 Å². The number of hydrogen-bond donors (Lipinski definition) is 0. The molecule has 0 saturated carbocycles. The maximum absolute atomic E-state index is 12.3. The number of halogens is 3. The first kappa shape index (κ1) is 13.7. The van der Waals surface area contributed by atoms with E-state index in [1.165, 1.54) is 0 Å². The van der Waals surface area contributed by atoms with Crippen molar-refractivity contribution in [1.82, 2.24) is 0 Å². The summed E-state index contributed by atoms with van der Waals surface area (Å²) < 4.78 is 6.18. The number of rotatable bonds is 1. The Hall–Kier alpha value is -1.29. The Labute approximate surface area is 133 Å². The first-order chi connectivity index (χ1) is 9.56. The highest BCUT2D eigenvalue weighted by Crippen LogP contribution is 2.30. The lowest BCUT2D eigenvalue weighted by atomic mass is 10.1. The molecule has 0 saturated heterocycles. The fourth-order valence-electron chi connectivity index (χ4n) is 1.93. The Bertz CT molecular complexity index is 854. The molecule has 0 unspecified atom stereocenters. The molecule has 0 amide bonds. The Morgan fingerprint density at radius 3 is 2.30 bits per heavy atom. The molecule has 0 spiro atoms. The van der Waals surface area contributed by atoms with Crippen molar-refractivity contribution < 1.29 is 4.42 Å². The van der Waals surface area contributed by atoms with Gasteiger partial charge in [0.25, 0.3) is 0 Å². The summed E-state index contributed by atoms with van der Waals surface area (Å²) in [6, 6.07) is 12.1. The standard InChI is InChI=1S/C15H7BrCl2O2/c16-13-14(19)11-7-10(18)5-6-12(11)20-15(13)8-1-3-9(17)4-2-8/h1-7H. The van der Waals surface area contributed by atoms with Gasteiger partial charge in [0.05, 0.1) is 5.39 Å². The van der Waals surface area contributed by atoms with E-state index in [4.69, 9.17) is 27.6 Å². The van der Waals surface area contributed by atoms with Crippen molar-refractivity contribution >= 4 is 50.1 Å². The summed E-state index contributed by atoms with van der Waals surface area (Å²) in [4.78, 5) is 12.3. The number of benzene rings is 2. The van der Waals surface area contributed by atoms with Gasteiger partial charge in [-0.1, -0.05) is 23.2 Å². The fourth-order valence-corrected chi connectivity index (χ4v) is 2.75. The monoisotopic (exact) mass is 368 g/mol. The van der Waals surface area contributed by atoms with Crippen LogP contribution in [-0.4, -0.2) is 0 Å². The van der Waals surface area contributed by atoms with Crippen molar-refractivity contribution in [2.45, 2.75) is 0 Å². The van der Waals surface area contributed by atoms with E-state index in [0.29, 0.717) is 31.2 Å². The third-order valence-electron chi connectivity index (χ3n) is 2.90. The summed E-state index contributed by atoms with van der Waals surface area (Å²) in [6.45, 7) is 0. The van der Waals surface area contributed by atoms with Gasteiger partial charge in [-0.25, -0.2) is 0 Å². The molecule has 0 radical (unpaired) electrons. The predicted molar refractivity (Wildman–Crippen MR) is 85.6 cm³/mol. The first-order valence-electron chi connectivity index (χ1n) is 5.74. The predicted octanol–water partition coefficient (Wildman–Crippen LogP) is 5.53. The molecule has 3 rings (SSSR count). The van der Waals surface area contributed by atoms with E-state index < -0.39 is 0 Å². The van der Waals surface area contributed by atoms with Crippen LogP contribution < -0.4 is 5.43 Å². The average Bonchev–Trinajstić information content (AvgIpc) is 2.44. The summed E-state index contributed by atoms with van der Waals surface area (Å²) >= 11 is 15.1. The Morgan fingerprint density at radius 1 is 0.950 bits per heavy atom. The van der Waals surface area contributed by atoms with Crippen molar-refractivity contribution in [2.75, 3.05) is 0 Å². The van der Waals surface area contributed by atoms with Crippen LogP contribution in [0.1, 0.15) is 0 Å². The molecule has 0 aliphatic rings. The molecule has 100 valence electrons. The minimum absolute atomic E-state index is 0.154. The molecule has 1 heterocycles. The lowest BCUT2D eigenvalue weighted by molar-refractivity contribution is 0.615. The van der Waals surface area contributed by atoms with Gasteiger partial charge < -0.3 is 4.42 Å². The van der Waals surface area contributed by atoms with Gasteiger partial charge >= 0.3 is 0 Å². The molecule has 0 aliphatic heterocycles. The highest BCUT2D eigenvalue weighted by Gasteiger charge is 2.14. The van der Waals surface area contributed by atoms with Crippen molar-refractivity contribution in [3.63, 3.8) is 0 Å². The van der Waals surface area contributed by atoms with Gasteiger partial charge in [0.2, 0.25) is 5.43 Å². The smallest absolute Gasteiger partial charge is 0.207 e. The van der Waals surface area contributed by atoms with Crippen molar-refractivity contribution in [3.05, 3.63) is 67.2 Å². The van der Waals surface area contributed by atoms with Gasteiger partial charge in [-0.2, -0.15) is 0 Å². The van der Waals surface area contributed by atoms with Crippen LogP contribution in [0.5, 0.6) is 0 Å². The zero-order chi connectivity index (χ0) is 14.3. The highest BCUT2D eigenvalue weighted by atomic mass is 79.9. The zero-order valence-electron chi connectivity index (χ0n) is 9.99. The zero-order valence-corrected chi connectivity index (χ0v) is 13.1. The van der Waals surface area contributed by atoms with Crippen molar-refractivity contribution in [3.8, 4) is 11.3 Å². The summed E-state index contributed by atoms with van der Waals surface area (Å²) in [5, 5.41) is 1.57. The van der Waals surface area contributed by atoms with Crippen LogP contribution in [0.2, 0.25) is 10.0 Å². The normalized spacial score (nSPS) is 10.9. The van der Waals surface area contributed by atoms with E-state index in [1.807, 2.05) is 0 Å². The SMILES string of the molecule is O=c1c(Br)c(-c2ccc(Cl)cc2)oc2ccc(Cl)cc12. The Kier molecular flexibility index (Phi) is 3.59. The van der Waals surface area contributed by atoms with E-state index in [-0.39, 0.29) is 5.43 Å². The molecule has 0 atom stereocenters. The van der Waals surface area contributed by atoms with Gasteiger partial charge in [-0.05, 0) is 58.4 Å². The first-order valence-corrected chi connectivity index (χ1v) is 7.29. The summed E-state index contributed by atoms with van der Waals surface area (Å²) in [5.41, 5.74) is 1.11. The fraction of sp³-hybridized carbons (Fsp3) is 0. The molecule has 20 heavy (non-hydrogen) atoms. The molecule has 5 heteroatoms. The molecule has 0 aliphatic carbocycles. The van der Waals surface area contributed by atoms with Gasteiger partial charge in [0.1, 0.15) is 10.1 Å². The summed E-state index contributed by atoms with van der Waals surface area (Å²) in [7, 11) is 0. The van der Waals surface area contributed by atoms with Crippen LogP contribution in [-0.2, 0) is 0 Å². The quantitative estimate of drug-likeness (QED) is 0.564. The molecule has 0 N–H and O–H groups in total. The van der Waals surface area contributed by atoms with Crippen LogP contribution in [0.15, 0.2) is 56.1 Å². The lowest BCUT2D eigenvalue weighted by Gasteiger charge is -2.06. The summed E-state index contributed by atoms with van der Waals surface area (Å²) in [5.74, 6) is 0.474. The maximum atomic E-state index is 12.3. The topological polar surface area (TPSA) is 30.2 Å². The second-order valence-electron chi connectivity index (χ2n) is 4.22. The minimum Gasteiger partial charge on any atom is -0.455 e. The second kappa shape index (κ2) is 5.24. The van der Waals surface area contributed by atoms with Crippen LogP contribution >= 0.6 is 39.1 Å². The van der Waals surface area contributed by atoms with Crippen LogP contribution in [0.3, 0.4) is 0 Å². The maximum Gasteiger partial charge on any atom is 0.207 e. The number of hydrogen-bond acceptors (Lipinski definition) is 2. The van der Waals surface area contributed by atoms with Gasteiger partial charge in [0, 0.05) is 15.6 Å². The van der Waals surface area contributed by atoms with Crippen molar-refractivity contribution in [2.24, 2.45) is 0 Å². The van der Waals surface area contributed by atoms with Crippen molar-refractivity contribution in [1.29, 1.82) is 0 Å². The van der Waals surface area contributed by atoms with E-state index in [9.17, 15) is 4.79 Å². The third-order valence-corrected chi connectivity index (χ3v) is 4.11. The minimum atomic E-state index is -0.154. The highest BCUT2D eigenvalue weighted by molar-refractivity contribution is 9.10. The lowest BCUT2D eigenvalue weighted by Crippen LogP contribution is -2.04. The van der Waals surface area contributed by atoms with Gasteiger partial charge in [-0.15, -0.1) is 0 Å². The third kappa shape index (κ3) is 2.37. The molecule has 0 bridgehead atoms. The molecule has 3 aromatic rings. The van der Waals surface area contributed by atoms with Crippen LogP contribution in [0, 0.1) is 0 Å². The Morgan fingerprint density at radius 2 is 1.60 bits per heavy atom. The van der Waals surface area contributed by atoms with Gasteiger partial charge in [-0.3, -0.25) is 4.79 Å². The van der Waals surface area contributed by atoms with Gasteiger partial charge in [0.15, 0.2) is 5.76 Å². The molecule has 1 aromatic heterocycles.